The summed E-state index contributed by atoms with van der Waals surface area (Å²) in [6, 6.07) is 0. The molecular weight excluding hydrogens is 252 g/mol. The summed E-state index contributed by atoms with van der Waals surface area (Å²) in [5.74, 6) is -0.729. The summed E-state index contributed by atoms with van der Waals surface area (Å²) in [5, 5.41) is 12.7. The van der Waals surface area contributed by atoms with E-state index in [2.05, 4.69) is 31.0 Å². The summed E-state index contributed by atoms with van der Waals surface area (Å²) < 4.78 is 0. The molecule has 4 nitrogen and oxygen atoms in total. The quantitative estimate of drug-likeness (QED) is 0.511. The van der Waals surface area contributed by atoms with Crippen LogP contribution in [0.1, 0.15) is 66.2 Å². The lowest BCUT2D eigenvalue weighted by Gasteiger charge is -2.28. The van der Waals surface area contributed by atoms with Crippen LogP contribution < -0.4 is 5.32 Å². The highest BCUT2D eigenvalue weighted by Gasteiger charge is 2.31. The average molecular weight is 286 g/mol. The Morgan fingerprint density at radius 1 is 1.10 bits per heavy atom. The zero-order valence-electron chi connectivity index (χ0n) is 13.9. The van der Waals surface area contributed by atoms with E-state index in [9.17, 15) is 9.90 Å². The highest BCUT2D eigenvalue weighted by molar-refractivity contribution is 5.78. The lowest BCUT2D eigenvalue weighted by Crippen LogP contribution is -2.51. The van der Waals surface area contributed by atoms with Gasteiger partial charge in [0.15, 0.2) is 0 Å². The molecule has 0 saturated heterocycles. The maximum atomic E-state index is 11.5. The predicted molar refractivity (Wildman–Crippen MR) is 85.2 cm³/mol. The number of carbonyl (C=O) groups is 1. The number of hydrogen-bond acceptors (Lipinski definition) is 3. The standard InChI is InChI=1S/C16H34N2O2/c1-5-8-9-10-11-12-16(4,15(19)20)17-13-14-18(6-2)7-3/h17H,5-14H2,1-4H3,(H,19,20). The second-order valence-corrected chi connectivity index (χ2v) is 5.76. The summed E-state index contributed by atoms with van der Waals surface area (Å²) >= 11 is 0. The van der Waals surface area contributed by atoms with Crippen LogP contribution in [0.4, 0.5) is 0 Å². The molecule has 0 saturated carbocycles. The van der Waals surface area contributed by atoms with E-state index in [0.29, 0.717) is 6.42 Å². The largest absolute Gasteiger partial charge is 0.480 e. The second kappa shape index (κ2) is 11.1. The molecule has 2 N–H and O–H groups in total. The highest BCUT2D eigenvalue weighted by Crippen LogP contribution is 2.16. The summed E-state index contributed by atoms with van der Waals surface area (Å²) in [7, 11) is 0. The van der Waals surface area contributed by atoms with Crippen molar-refractivity contribution in [3.63, 3.8) is 0 Å². The van der Waals surface area contributed by atoms with Gasteiger partial charge >= 0.3 is 5.97 Å². The van der Waals surface area contributed by atoms with Crippen molar-refractivity contribution >= 4 is 5.97 Å². The van der Waals surface area contributed by atoms with Crippen molar-refractivity contribution in [1.82, 2.24) is 10.2 Å². The third-order valence-corrected chi connectivity index (χ3v) is 4.09. The van der Waals surface area contributed by atoms with Crippen molar-refractivity contribution in [1.29, 1.82) is 0 Å². The Bertz CT molecular complexity index is 255. The lowest BCUT2D eigenvalue weighted by molar-refractivity contribution is -0.144. The zero-order chi connectivity index (χ0) is 15.4. The summed E-state index contributed by atoms with van der Waals surface area (Å²) in [6.45, 7) is 11.9. The molecule has 0 rings (SSSR count). The Labute approximate surface area is 124 Å². The van der Waals surface area contributed by atoms with Crippen LogP contribution in [0, 0.1) is 0 Å². The molecule has 0 spiro atoms. The molecule has 0 heterocycles. The van der Waals surface area contributed by atoms with Crippen LogP contribution in [0.2, 0.25) is 0 Å². The number of unbranched alkanes of at least 4 members (excludes halogenated alkanes) is 4. The molecule has 0 aliphatic rings. The van der Waals surface area contributed by atoms with Gasteiger partial charge in [-0.1, -0.05) is 52.9 Å². The zero-order valence-corrected chi connectivity index (χ0v) is 13.9. The van der Waals surface area contributed by atoms with E-state index in [1.807, 2.05) is 6.92 Å². The van der Waals surface area contributed by atoms with Crippen LogP contribution in [0.15, 0.2) is 0 Å². The van der Waals surface area contributed by atoms with Crippen LogP contribution in [0.5, 0.6) is 0 Å². The summed E-state index contributed by atoms with van der Waals surface area (Å²) in [4.78, 5) is 13.8. The first kappa shape index (κ1) is 19.4. The van der Waals surface area contributed by atoms with Crippen molar-refractivity contribution in [2.75, 3.05) is 26.2 Å². The molecule has 0 bridgehead atoms. The van der Waals surface area contributed by atoms with E-state index in [1.165, 1.54) is 19.3 Å². The molecule has 0 aromatic rings. The third kappa shape index (κ3) is 7.85. The van der Waals surface area contributed by atoms with Crippen molar-refractivity contribution in [3.05, 3.63) is 0 Å². The molecule has 0 aromatic carbocycles. The Morgan fingerprint density at radius 3 is 2.20 bits per heavy atom. The van der Waals surface area contributed by atoms with Gasteiger partial charge in [-0.25, -0.2) is 0 Å². The van der Waals surface area contributed by atoms with Gasteiger partial charge in [0, 0.05) is 13.1 Å². The van der Waals surface area contributed by atoms with Crippen LogP contribution in [-0.2, 0) is 4.79 Å². The molecule has 1 atom stereocenters. The highest BCUT2D eigenvalue weighted by atomic mass is 16.4. The number of carboxylic acid groups (broad SMARTS) is 1. The van der Waals surface area contributed by atoms with Crippen LogP contribution in [-0.4, -0.2) is 47.7 Å². The molecule has 20 heavy (non-hydrogen) atoms. The minimum atomic E-state index is -0.778. The third-order valence-electron chi connectivity index (χ3n) is 4.09. The predicted octanol–water partition coefficient (Wildman–Crippen LogP) is 3.12. The Kier molecular flexibility index (Phi) is 10.8. The molecule has 120 valence electrons. The number of nitrogens with one attached hydrogen (secondary N) is 1. The van der Waals surface area contributed by atoms with E-state index in [-0.39, 0.29) is 0 Å². The fraction of sp³-hybridized carbons (Fsp3) is 0.938. The van der Waals surface area contributed by atoms with Gasteiger partial charge in [-0.05, 0) is 26.4 Å². The second-order valence-electron chi connectivity index (χ2n) is 5.76. The van der Waals surface area contributed by atoms with Gasteiger partial charge in [0.1, 0.15) is 5.54 Å². The first-order chi connectivity index (χ1) is 9.50. The minimum absolute atomic E-state index is 0.713. The average Bonchev–Trinajstić information content (AvgIpc) is 2.43. The van der Waals surface area contributed by atoms with Crippen LogP contribution in [0.3, 0.4) is 0 Å². The van der Waals surface area contributed by atoms with Crippen molar-refractivity contribution in [2.24, 2.45) is 0 Å². The minimum Gasteiger partial charge on any atom is -0.480 e. The number of carboxylic acids is 1. The molecule has 0 aliphatic heterocycles. The first-order valence-corrected chi connectivity index (χ1v) is 8.20. The lowest BCUT2D eigenvalue weighted by atomic mass is 9.94. The van der Waals surface area contributed by atoms with Gasteiger partial charge < -0.3 is 15.3 Å². The summed E-state index contributed by atoms with van der Waals surface area (Å²) in [5.41, 5.74) is -0.778. The van der Waals surface area contributed by atoms with Gasteiger partial charge in [0.2, 0.25) is 0 Å². The van der Waals surface area contributed by atoms with Crippen LogP contribution >= 0.6 is 0 Å². The van der Waals surface area contributed by atoms with Gasteiger partial charge in [0.05, 0.1) is 0 Å². The maximum Gasteiger partial charge on any atom is 0.323 e. The monoisotopic (exact) mass is 286 g/mol. The first-order valence-electron chi connectivity index (χ1n) is 8.20. The van der Waals surface area contributed by atoms with Crippen molar-refractivity contribution in [3.8, 4) is 0 Å². The van der Waals surface area contributed by atoms with E-state index >= 15 is 0 Å². The number of hydrogen-bond donors (Lipinski definition) is 2. The molecule has 0 amide bonds. The Morgan fingerprint density at radius 2 is 1.70 bits per heavy atom. The topological polar surface area (TPSA) is 52.6 Å². The SMILES string of the molecule is CCCCCCCC(C)(NCCN(CC)CC)C(=O)O. The van der Waals surface area contributed by atoms with Gasteiger partial charge in [-0.2, -0.15) is 0 Å². The van der Waals surface area contributed by atoms with Crippen molar-refractivity contribution in [2.45, 2.75) is 71.8 Å². The molecule has 0 fully saturated rings. The number of likely N-dealkylation sites (N-methyl/N-ethyl adjacent to an activating group) is 1. The van der Waals surface area contributed by atoms with E-state index in [4.69, 9.17) is 0 Å². The smallest absolute Gasteiger partial charge is 0.323 e. The molecule has 4 heteroatoms. The van der Waals surface area contributed by atoms with E-state index in [0.717, 1.165) is 39.0 Å². The van der Waals surface area contributed by atoms with Gasteiger partial charge in [0.25, 0.3) is 0 Å². The fourth-order valence-corrected chi connectivity index (χ4v) is 2.38. The fourth-order valence-electron chi connectivity index (χ4n) is 2.38. The van der Waals surface area contributed by atoms with E-state index in [1.54, 1.807) is 0 Å². The van der Waals surface area contributed by atoms with Gasteiger partial charge in [-0.15, -0.1) is 0 Å². The van der Waals surface area contributed by atoms with Crippen molar-refractivity contribution < 1.29 is 9.90 Å². The number of nitrogens with zero attached hydrogens (tertiary/aromatic N) is 1. The normalized spacial score (nSPS) is 14.4. The Balaban J connectivity index is 4.08. The summed E-state index contributed by atoms with van der Waals surface area (Å²) in [6.07, 6.45) is 6.52. The molecule has 0 aliphatic carbocycles. The Hall–Kier alpha value is -0.610. The van der Waals surface area contributed by atoms with E-state index < -0.39 is 11.5 Å². The van der Waals surface area contributed by atoms with Gasteiger partial charge in [-0.3, -0.25) is 4.79 Å². The molecule has 0 aromatic heterocycles. The molecular formula is C16H34N2O2. The maximum absolute atomic E-state index is 11.5. The number of aliphatic carboxylic acids is 1. The number of rotatable bonds is 13. The molecule has 1 unspecified atom stereocenters. The molecule has 0 radical (unpaired) electrons. The van der Waals surface area contributed by atoms with Crippen LogP contribution in [0.25, 0.3) is 0 Å².